The molecular weight excluding hydrogens is 378 g/mol. The molecule has 2 N–H and O–H groups in total. The fraction of sp³-hybridized carbons (Fsp3) is 0.0952. The van der Waals surface area contributed by atoms with Crippen molar-refractivity contribution in [3.8, 4) is 5.75 Å². The van der Waals surface area contributed by atoms with Gasteiger partial charge in [0.2, 0.25) is 0 Å². The highest BCUT2D eigenvalue weighted by atomic mass is 35.5. The number of rotatable bonds is 5. The lowest BCUT2D eigenvalue weighted by Gasteiger charge is -2.09. The molecule has 1 heterocycles. The van der Waals surface area contributed by atoms with E-state index in [1.807, 2.05) is 13.0 Å². The number of carbonyl (C=O) groups is 2. The molecule has 0 bridgehead atoms. The van der Waals surface area contributed by atoms with Crippen LogP contribution in [0.25, 0.3) is 0 Å². The zero-order valence-electron chi connectivity index (χ0n) is 15.1. The number of ether oxygens (including phenoxy) is 1. The molecule has 0 saturated carbocycles. The molecule has 0 fully saturated rings. The lowest BCUT2D eigenvalue weighted by Crippen LogP contribution is -2.41. The highest BCUT2D eigenvalue weighted by Gasteiger charge is 2.10. The first kappa shape index (κ1) is 19.4. The molecule has 2 amide bonds. The minimum Gasteiger partial charge on any atom is -0.489 e. The van der Waals surface area contributed by atoms with Crippen molar-refractivity contribution in [3.63, 3.8) is 0 Å². The molecule has 0 radical (unpaired) electrons. The molecule has 1 aromatic heterocycles. The normalized spacial score (nSPS) is 10.2. The molecule has 2 aromatic carbocycles. The van der Waals surface area contributed by atoms with E-state index in [4.69, 9.17) is 16.3 Å². The van der Waals surface area contributed by atoms with Crippen LogP contribution in [-0.2, 0) is 6.61 Å². The first-order valence-corrected chi connectivity index (χ1v) is 8.90. The number of pyridine rings is 1. The molecule has 6 nitrogen and oxygen atoms in total. The van der Waals surface area contributed by atoms with Gasteiger partial charge in [-0.3, -0.25) is 25.4 Å². The van der Waals surface area contributed by atoms with Gasteiger partial charge in [0.05, 0.1) is 0 Å². The Labute approximate surface area is 167 Å². The first-order chi connectivity index (χ1) is 13.5. The van der Waals surface area contributed by atoms with Crippen LogP contribution < -0.4 is 15.6 Å². The van der Waals surface area contributed by atoms with Gasteiger partial charge in [0.1, 0.15) is 18.1 Å². The summed E-state index contributed by atoms with van der Waals surface area (Å²) >= 11 is 6.00. The molecule has 0 atom stereocenters. The van der Waals surface area contributed by atoms with Crippen LogP contribution in [0.2, 0.25) is 5.02 Å². The molecule has 28 heavy (non-hydrogen) atoms. The number of aryl methyl sites for hydroxylation is 1. The van der Waals surface area contributed by atoms with Gasteiger partial charge < -0.3 is 4.74 Å². The molecule has 0 spiro atoms. The molecule has 0 aliphatic heterocycles. The van der Waals surface area contributed by atoms with E-state index in [1.54, 1.807) is 54.6 Å². The highest BCUT2D eigenvalue weighted by Crippen LogP contribution is 2.21. The summed E-state index contributed by atoms with van der Waals surface area (Å²) in [5.74, 6) is -0.191. The van der Waals surface area contributed by atoms with E-state index < -0.39 is 11.8 Å². The second kappa shape index (κ2) is 9.01. The van der Waals surface area contributed by atoms with E-state index >= 15 is 0 Å². The van der Waals surface area contributed by atoms with Crippen LogP contribution in [0.4, 0.5) is 0 Å². The molecule has 0 aliphatic rings. The molecule has 0 saturated heterocycles. The second-order valence-electron chi connectivity index (χ2n) is 6.02. The lowest BCUT2D eigenvalue weighted by atomic mass is 10.1. The number of hydrogen-bond acceptors (Lipinski definition) is 4. The van der Waals surface area contributed by atoms with Crippen LogP contribution in [0.1, 0.15) is 32.0 Å². The summed E-state index contributed by atoms with van der Waals surface area (Å²) in [6.45, 7) is 2.27. The van der Waals surface area contributed by atoms with E-state index in [2.05, 4.69) is 15.8 Å². The molecule has 0 aliphatic carbocycles. The molecule has 3 rings (SSSR count). The van der Waals surface area contributed by atoms with Gasteiger partial charge in [-0.25, -0.2) is 0 Å². The van der Waals surface area contributed by atoms with Gasteiger partial charge >= 0.3 is 0 Å². The topological polar surface area (TPSA) is 80.3 Å². The average molecular weight is 396 g/mol. The van der Waals surface area contributed by atoms with Crippen LogP contribution in [0.5, 0.6) is 5.75 Å². The van der Waals surface area contributed by atoms with Crippen LogP contribution in [0.15, 0.2) is 66.9 Å². The smallest absolute Gasteiger partial charge is 0.288 e. The Morgan fingerprint density at radius 1 is 1.00 bits per heavy atom. The van der Waals surface area contributed by atoms with E-state index in [-0.39, 0.29) is 5.69 Å². The van der Waals surface area contributed by atoms with Crippen molar-refractivity contribution in [1.82, 2.24) is 15.8 Å². The Kier molecular flexibility index (Phi) is 6.24. The van der Waals surface area contributed by atoms with Crippen LogP contribution in [-0.4, -0.2) is 16.8 Å². The van der Waals surface area contributed by atoms with Crippen molar-refractivity contribution in [3.05, 3.63) is 94.3 Å². The minimum atomic E-state index is -0.489. The number of halogens is 1. The zero-order valence-corrected chi connectivity index (χ0v) is 15.9. The Balaban J connectivity index is 1.52. The summed E-state index contributed by atoms with van der Waals surface area (Å²) in [6.07, 6.45) is 1.50. The van der Waals surface area contributed by atoms with Crippen molar-refractivity contribution >= 4 is 23.4 Å². The zero-order chi connectivity index (χ0) is 19.9. The summed E-state index contributed by atoms with van der Waals surface area (Å²) in [5, 5.41) is 0.692. The van der Waals surface area contributed by atoms with Gasteiger partial charge in [-0.2, -0.15) is 0 Å². The van der Waals surface area contributed by atoms with Gasteiger partial charge in [-0.05, 0) is 60.5 Å². The summed E-state index contributed by atoms with van der Waals surface area (Å²) in [6, 6.07) is 17.3. The van der Waals surface area contributed by atoms with Crippen molar-refractivity contribution in [2.45, 2.75) is 13.5 Å². The largest absolute Gasteiger partial charge is 0.489 e. The van der Waals surface area contributed by atoms with Crippen molar-refractivity contribution in [2.24, 2.45) is 0 Å². The van der Waals surface area contributed by atoms with Gasteiger partial charge in [-0.15, -0.1) is 0 Å². The third-order valence-electron chi connectivity index (χ3n) is 3.94. The number of aromatic nitrogens is 1. The number of nitrogens with zero attached hydrogens (tertiary/aromatic N) is 1. The van der Waals surface area contributed by atoms with E-state index in [0.717, 1.165) is 16.9 Å². The van der Waals surface area contributed by atoms with Gasteiger partial charge in [0.25, 0.3) is 11.8 Å². The summed E-state index contributed by atoms with van der Waals surface area (Å²) in [5.41, 5.74) is 7.17. The van der Waals surface area contributed by atoms with Crippen molar-refractivity contribution < 1.29 is 14.3 Å². The van der Waals surface area contributed by atoms with Crippen LogP contribution in [0, 0.1) is 6.92 Å². The first-order valence-electron chi connectivity index (χ1n) is 8.52. The highest BCUT2D eigenvalue weighted by molar-refractivity contribution is 6.31. The number of nitrogens with one attached hydrogen (secondary N) is 2. The second-order valence-corrected chi connectivity index (χ2v) is 6.43. The number of hydrogen-bond donors (Lipinski definition) is 2. The number of carbonyl (C=O) groups excluding carboxylic acids is 2. The van der Waals surface area contributed by atoms with E-state index in [9.17, 15) is 9.59 Å². The lowest BCUT2D eigenvalue weighted by molar-refractivity contribution is 0.0844. The molecule has 0 unspecified atom stereocenters. The Bertz CT molecular complexity index is 976. The van der Waals surface area contributed by atoms with Crippen LogP contribution in [0.3, 0.4) is 0 Å². The fourth-order valence-corrected chi connectivity index (χ4v) is 2.49. The van der Waals surface area contributed by atoms with Crippen LogP contribution >= 0.6 is 11.6 Å². The third-order valence-corrected chi connectivity index (χ3v) is 4.36. The van der Waals surface area contributed by atoms with E-state index in [1.165, 1.54) is 6.20 Å². The maximum absolute atomic E-state index is 12.2. The number of hydrazine groups is 1. The molecular formula is C21H18ClN3O3. The minimum absolute atomic E-state index is 0.215. The van der Waals surface area contributed by atoms with Crippen molar-refractivity contribution in [1.29, 1.82) is 0 Å². The van der Waals surface area contributed by atoms with Gasteiger partial charge in [0, 0.05) is 16.8 Å². The quantitative estimate of drug-likeness (QED) is 0.645. The fourth-order valence-electron chi connectivity index (χ4n) is 2.37. The summed E-state index contributed by atoms with van der Waals surface area (Å²) < 4.78 is 5.73. The Morgan fingerprint density at radius 2 is 1.75 bits per heavy atom. The molecule has 7 heteroatoms. The number of benzene rings is 2. The molecule has 3 aromatic rings. The van der Waals surface area contributed by atoms with Crippen molar-refractivity contribution in [2.75, 3.05) is 0 Å². The third kappa shape index (κ3) is 5.08. The predicted octanol–water partition coefficient (Wildman–Crippen LogP) is 3.70. The summed E-state index contributed by atoms with van der Waals surface area (Å²) in [7, 11) is 0. The molecule has 142 valence electrons. The van der Waals surface area contributed by atoms with Gasteiger partial charge in [-0.1, -0.05) is 29.8 Å². The summed E-state index contributed by atoms with van der Waals surface area (Å²) in [4.78, 5) is 27.9. The van der Waals surface area contributed by atoms with E-state index in [0.29, 0.717) is 17.2 Å². The predicted molar refractivity (Wildman–Crippen MR) is 106 cm³/mol. The standard InChI is InChI=1S/C21H18ClN3O3/c1-14-12-17(9-10-18(14)22)28-13-15-5-7-16(8-6-15)20(26)24-25-21(27)19-4-2-3-11-23-19/h2-12H,13H2,1H3,(H,24,26)(H,25,27). The average Bonchev–Trinajstić information content (AvgIpc) is 2.73. The number of amides is 2. The SMILES string of the molecule is Cc1cc(OCc2ccc(C(=O)NNC(=O)c3ccccn3)cc2)ccc1Cl. The monoisotopic (exact) mass is 395 g/mol. The Hall–Kier alpha value is -3.38. The van der Waals surface area contributed by atoms with Gasteiger partial charge in [0.15, 0.2) is 0 Å². The maximum Gasteiger partial charge on any atom is 0.288 e. The maximum atomic E-state index is 12.2. The Morgan fingerprint density at radius 3 is 2.43 bits per heavy atom.